The number of allylic oxidation sites excluding steroid dienone is 2. The maximum atomic E-state index is 14.3. The van der Waals surface area contributed by atoms with Gasteiger partial charge in [-0.3, -0.25) is 19.3 Å². The summed E-state index contributed by atoms with van der Waals surface area (Å²) in [5, 5.41) is 23.6. The summed E-state index contributed by atoms with van der Waals surface area (Å²) in [5.74, 6) is -0.219. The van der Waals surface area contributed by atoms with Crippen LogP contribution in [0.1, 0.15) is 26.3 Å². The van der Waals surface area contributed by atoms with Gasteiger partial charge in [0.15, 0.2) is 10.7 Å². The lowest BCUT2D eigenvalue weighted by Gasteiger charge is -2.41. The molecular formula is C36H22N8O3S. The number of amidine groups is 1. The molecule has 0 radical (unpaired) electrons. The van der Waals surface area contributed by atoms with Gasteiger partial charge in [-0.2, -0.15) is 15.0 Å². The highest BCUT2D eigenvalue weighted by molar-refractivity contribution is 7.15. The molecule has 1 aliphatic carbocycles. The molecule has 8 rings (SSSR count). The van der Waals surface area contributed by atoms with Crippen LogP contribution in [0, 0.1) is 11.3 Å². The molecule has 0 bridgehead atoms. The highest BCUT2D eigenvalue weighted by atomic mass is 32.1. The molecule has 4 aromatic carbocycles. The van der Waals surface area contributed by atoms with Crippen molar-refractivity contribution >= 4 is 50.5 Å². The van der Waals surface area contributed by atoms with Crippen molar-refractivity contribution in [2.45, 2.75) is 0 Å². The lowest BCUT2D eigenvalue weighted by molar-refractivity contribution is 0.0970. The lowest BCUT2D eigenvalue weighted by atomic mass is 9.87. The molecule has 0 unspecified atom stereocenters. The van der Waals surface area contributed by atoms with E-state index in [-0.39, 0.29) is 45.4 Å². The Morgan fingerprint density at radius 2 is 1.27 bits per heavy atom. The number of nitrogens with one attached hydrogen (secondary N) is 1. The standard InChI is InChI=1S/C36H22N8O3S/c37-20-27-29-34(41-44(35(27)47)24-16-8-3-9-17-24)48-36(38-29)40-39-28-21-42(22-12-4-1-5-13-22)30-31(43(28)23-14-6-2-7-15-23)33(46)26-19-11-10-18-25(26)32(30)45/h1-19H,21H2,(H,38,40)/b39-28+. The van der Waals surface area contributed by atoms with Gasteiger partial charge in [-0.25, -0.2) is 0 Å². The number of hydrogen-bond donors (Lipinski definition) is 1. The number of carbonyl (C=O) groups is 2. The van der Waals surface area contributed by atoms with Crippen LogP contribution in [-0.2, 0) is 0 Å². The first kappa shape index (κ1) is 28.7. The molecule has 0 saturated heterocycles. The number of para-hydroxylation sites is 3. The summed E-state index contributed by atoms with van der Waals surface area (Å²) >= 11 is 1.13. The maximum Gasteiger partial charge on any atom is 0.291 e. The van der Waals surface area contributed by atoms with Gasteiger partial charge in [0.2, 0.25) is 16.4 Å². The topological polar surface area (TPSA) is 140 Å². The zero-order valence-electron chi connectivity index (χ0n) is 24.9. The van der Waals surface area contributed by atoms with Crippen molar-refractivity contribution in [1.82, 2.24) is 14.8 Å². The monoisotopic (exact) mass is 646 g/mol. The molecule has 2 aromatic heterocycles. The Kier molecular flexibility index (Phi) is 6.93. The molecule has 6 aromatic rings. The number of nitriles is 1. The van der Waals surface area contributed by atoms with Crippen LogP contribution in [0.2, 0.25) is 0 Å². The summed E-state index contributed by atoms with van der Waals surface area (Å²) in [6.45, 7) is 0.105. The molecule has 0 fully saturated rings. The maximum absolute atomic E-state index is 14.3. The fourth-order valence-electron chi connectivity index (χ4n) is 5.90. The first-order chi connectivity index (χ1) is 23.5. The van der Waals surface area contributed by atoms with Crippen LogP contribution in [0.15, 0.2) is 142 Å². The average molecular weight is 647 g/mol. The normalized spacial score (nSPS) is 15.6. The minimum absolute atomic E-state index is 0.104. The number of benzene rings is 4. The molecule has 2 aliphatic rings. The number of ketones is 2. The van der Waals surface area contributed by atoms with Gasteiger partial charge < -0.3 is 9.88 Å². The van der Waals surface area contributed by atoms with Crippen LogP contribution in [0.25, 0.3) is 16.0 Å². The van der Waals surface area contributed by atoms with E-state index in [4.69, 9.17) is 0 Å². The number of fused-ring (bicyclic) bond motifs is 2. The smallest absolute Gasteiger partial charge is 0.291 e. The number of rotatable bonds is 4. The molecule has 12 heteroatoms. The van der Waals surface area contributed by atoms with Crippen molar-refractivity contribution in [3.63, 3.8) is 0 Å². The molecule has 0 atom stereocenters. The molecule has 11 nitrogen and oxygen atoms in total. The van der Waals surface area contributed by atoms with Gasteiger partial charge in [-0.05, 0) is 36.4 Å². The van der Waals surface area contributed by atoms with Crippen molar-refractivity contribution < 1.29 is 9.59 Å². The number of carbonyl (C=O) groups excluding carboxylic acids is 2. The largest absolute Gasteiger partial charge is 0.329 e. The van der Waals surface area contributed by atoms with E-state index >= 15 is 0 Å². The van der Waals surface area contributed by atoms with E-state index in [9.17, 15) is 19.6 Å². The first-order valence-electron chi connectivity index (χ1n) is 14.9. The van der Waals surface area contributed by atoms with Crippen molar-refractivity contribution in [2.24, 2.45) is 10.2 Å². The van der Waals surface area contributed by atoms with E-state index in [1.165, 1.54) is 4.68 Å². The third-order valence-electron chi connectivity index (χ3n) is 8.06. The van der Waals surface area contributed by atoms with Crippen LogP contribution < -0.4 is 20.2 Å². The van der Waals surface area contributed by atoms with E-state index in [1.807, 2.05) is 72.8 Å². The Labute approximate surface area is 276 Å². The number of aromatic nitrogens is 3. The van der Waals surface area contributed by atoms with Gasteiger partial charge in [0.05, 0.1) is 12.2 Å². The second-order valence-electron chi connectivity index (χ2n) is 10.9. The Morgan fingerprint density at radius 3 is 1.90 bits per heavy atom. The molecule has 230 valence electrons. The fourth-order valence-corrected chi connectivity index (χ4v) is 6.70. The highest BCUT2D eigenvalue weighted by Gasteiger charge is 2.44. The number of aromatic amines is 1. The number of Topliss-reactive ketones (excluding diaryl/α,β-unsaturated/α-hetero) is 2. The Hall–Kier alpha value is -6.71. The minimum Gasteiger partial charge on any atom is -0.329 e. The molecule has 0 amide bonds. The number of thiazole rings is 1. The van der Waals surface area contributed by atoms with Gasteiger partial charge in [0.1, 0.15) is 28.5 Å². The third-order valence-corrected chi connectivity index (χ3v) is 8.92. The van der Waals surface area contributed by atoms with Gasteiger partial charge in [0, 0.05) is 22.5 Å². The van der Waals surface area contributed by atoms with E-state index in [1.54, 1.807) is 58.3 Å². The van der Waals surface area contributed by atoms with Crippen molar-refractivity contribution in [2.75, 3.05) is 16.3 Å². The summed E-state index contributed by atoms with van der Waals surface area (Å²) in [6.07, 6.45) is 0. The van der Waals surface area contributed by atoms with Crippen LogP contribution in [0.4, 0.5) is 11.4 Å². The summed E-state index contributed by atoms with van der Waals surface area (Å²) in [7, 11) is 0. The lowest BCUT2D eigenvalue weighted by Crippen LogP contribution is -2.52. The van der Waals surface area contributed by atoms with Gasteiger partial charge >= 0.3 is 0 Å². The van der Waals surface area contributed by atoms with E-state index in [0.29, 0.717) is 38.9 Å². The zero-order valence-corrected chi connectivity index (χ0v) is 25.8. The Morgan fingerprint density at radius 1 is 0.708 bits per heavy atom. The molecule has 0 spiro atoms. The molecule has 0 saturated carbocycles. The molecule has 1 N–H and O–H groups in total. The van der Waals surface area contributed by atoms with Crippen molar-refractivity contribution in [1.29, 1.82) is 5.26 Å². The second-order valence-corrected chi connectivity index (χ2v) is 11.8. The predicted octanol–water partition coefficient (Wildman–Crippen LogP) is 5.18. The van der Waals surface area contributed by atoms with Gasteiger partial charge in [0.25, 0.3) is 5.56 Å². The summed E-state index contributed by atoms with van der Waals surface area (Å²) < 4.78 is 1.19. The number of H-pyrrole nitrogens is 1. The van der Waals surface area contributed by atoms with Crippen molar-refractivity contribution in [3.8, 4) is 11.8 Å². The quantitative estimate of drug-likeness (QED) is 0.261. The summed E-state index contributed by atoms with van der Waals surface area (Å²) in [6, 6.07) is 36.2. The van der Waals surface area contributed by atoms with Crippen LogP contribution in [-0.4, -0.2) is 38.7 Å². The molecule has 1 aliphatic heterocycles. The minimum atomic E-state index is -0.565. The third kappa shape index (κ3) is 4.65. The van der Waals surface area contributed by atoms with Gasteiger partial charge in [-0.1, -0.05) is 90.2 Å². The van der Waals surface area contributed by atoms with E-state index in [2.05, 4.69) is 20.3 Å². The highest BCUT2D eigenvalue weighted by Crippen LogP contribution is 2.38. The number of hydrogen-bond acceptors (Lipinski definition) is 9. The Bertz CT molecular complexity index is 2510. The molecule has 3 heterocycles. The Balaban J connectivity index is 1.34. The van der Waals surface area contributed by atoms with E-state index in [0.717, 1.165) is 11.3 Å². The summed E-state index contributed by atoms with van der Waals surface area (Å²) in [4.78, 5) is 48.8. The van der Waals surface area contributed by atoms with Crippen LogP contribution in [0.5, 0.6) is 0 Å². The predicted molar refractivity (Wildman–Crippen MR) is 182 cm³/mol. The van der Waals surface area contributed by atoms with E-state index < -0.39 is 5.56 Å². The molecular weight excluding hydrogens is 625 g/mol. The van der Waals surface area contributed by atoms with Crippen molar-refractivity contribution in [3.05, 3.63) is 159 Å². The van der Waals surface area contributed by atoms with Gasteiger partial charge in [-0.15, -0.1) is 10.2 Å². The van der Waals surface area contributed by atoms with Crippen LogP contribution in [0.3, 0.4) is 0 Å². The van der Waals surface area contributed by atoms with Crippen LogP contribution >= 0.6 is 11.3 Å². The number of nitrogens with zero attached hydrogens (tertiary/aromatic N) is 7. The zero-order chi connectivity index (χ0) is 32.8. The summed E-state index contributed by atoms with van der Waals surface area (Å²) in [5.41, 5.74) is 2.50. The fraction of sp³-hybridized carbons (Fsp3) is 0.0278. The second kappa shape index (κ2) is 11.6. The first-order valence-corrected chi connectivity index (χ1v) is 15.7. The molecule has 48 heavy (non-hydrogen) atoms. The SMILES string of the molecule is N#Cc1c(=O)n(-c2ccccc2)nc2s/c(=N\N=C3/CN(c4ccccc4)C4=C(C(=O)c5ccccc5C4=O)N3c3ccccc3)[nH]c12. The average Bonchev–Trinajstić information content (AvgIpc) is 3.55. The number of anilines is 2.